The quantitative estimate of drug-likeness (QED) is 0.627. The van der Waals surface area contributed by atoms with Gasteiger partial charge in [-0.1, -0.05) is 52.6 Å². The number of aromatic nitrogens is 2. The van der Waals surface area contributed by atoms with E-state index in [1.54, 1.807) is 24.3 Å². The maximum atomic E-state index is 11.9. The largest absolute Gasteiger partial charge is 0.455 e. The van der Waals surface area contributed by atoms with Gasteiger partial charge in [-0.3, -0.25) is 14.9 Å². The van der Waals surface area contributed by atoms with Crippen molar-refractivity contribution in [2.45, 2.75) is 6.42 Å². The summed E-state index contributed by atoms with van der Waals surface area (Å²) < 4.78 is 10.3. The molecule has 0 saturated carbocycles. The van der Waals surface area contributed by atoms with Crippen LogP contribution in [-0.4, -0.2) is 28.7 Å². The van der Waals surface area contributed by atoms with Gasteiger partial charge in [0, 0.05) is 15.6 Å². The second-order valence-corrected chi connectivity index (χ2v) is 6.24. The predicted molar refractivity (Wildman–Crippen MR) is 99.5 cm³/mol. The zero-order valence-electron chi connectivity index (χ0n) is 13.8. The van der Waals surface area contributed by atoms with Crippen molar-refractivity contribution in [3.8, 4) is 11.5 Å². The Bertz CT molecular complexity index is 960. The Kier molecular flexibility index (Phi) is 6.05. The maximum absolute atomic E-state index is 11.9. The lowest BCUT2D eigenvalue weighted by atomic mass is 10.1. The van der Waals surface area contributed by atoms with Crippen LogP contribution >= 0.6 is 23.2 Å². The number of ether oxygens (including phenoxy) is 1. The first-order valence-corrected chi connectivity index (χ1v) is 8.55. The topological polar surface area (TPSA) is 94.3 Å². The number of carbonyl (C=O) groups is 2. The molecule has 0 spiro atoms. The van der Waals surface area contributed by atoms with E-state index in [0.717, 1.165) is 5.56 Å². The number of nitrogens with zero attached hydrogens (tertiary/aromatic N) is 2. The molecule has 3 aromatic rings. The summed E-state index contributed by atoms with van der Waals surface area (Å²) >= 11 is 11.8. The summed E-state index contributed by atoms with van der Waals surface area (Å²) in [5.74, 6) is -0.945. The molecule has 0 aliphatic carbocycles. The Morgan fingerprint density at radius 1 is 1.07 bits per heavy atom. The molecule has 0 radical (unpaired) electrons. The Balaban J connectivity index is 1.49. The number of amides is 1. The molecule has 2 aromatic carbocycles. The summed E-state index contributed by atoms with van der Waals surface area (Å²) in [4.78, 5) is 23.7. The lowest BCUT2D eigenvalue weighted by Gasteiger charge is -2.06. The van der Waals surface area contributed by atoms with Crippen molar-refractivity contribution in [2.24, 2.45) is 0 Å². The van der Waals surface area contributed by atoms with E-state index >= 15 is 0 Å². The molecule has 138 valence electrons. The van der Waals surface area contributed by atoms with Crippen LogP contribution < -0.4 is 5.32 Å². The van der Waals surface area contributed by atoms with Crippen LogP contribution in [0.1, 0.15) is 5.56 Å². The van der Waals surface area contributed by atoms with Crippen LogP contribution in [0.5, 0.6) is 0 Å². The van der Waals surface area contributed by atoms with Gasteiger partial charge < -0.3 is 9.15 Å². The lowest BCUT2D eigenvalue weighted by molar-refractivity contribution is -0.146. The minimum Gasteiger partial charge on any atom is -0.455 e. The van der Waals surface area contributed by atoms with Crippen molar-refractivity contribution < 1.29 is 18.7 Å². The fourth-order valence-corrected chi connectivity index (χ4v) is 2.62. The number of nitrogens with one attached hydrogen (secondary N) is 1. The molecule has 0 saturated heterocycles. The molecule has 1 amide bonds. The van der Waals surface area contributed by atoms with E-state index in [-0.39, 0.29) is 18.3 Å². The van der Waals surface area contributed by atoms with Crippen molar-refractivity contribution in [3.05, 3.63) is 64.1 Å². The van der Waals surface area contributed by atoms with Crippen LogP contribution in [0, 0.1) is 0 Å². The highest BCUT2D eigenvalue weighted by Crippen LogP contribution is 2.22. The number of anilines is 1. The van der Waals surface area contributed by atoms with Crippen molar-refractivity contribution in [1.29, 1.82) is 0 Å². The van der Waals surface area contributed by atoms with Gasteiger partial charge in [-0.05, 0) is 29.8 Å². The van der Waals surface area contributed by atoms with Crippen LogP contribution in [0.15, 0.2) is 52.9 Å². The van der Waals surface area contributed by atoms with E-state index < -0.39 is 18.5 Å². The van der Waals surface area contributed by atoms with E-state index in [1.807, 2.05) is 18.2 Å². The Hall–Kier alpha value is -2.90. The van der Waals surface area contributed by atoms with Crippen LogP contribution in [0.25, 0.3) is 11.5 Å². The number of esters is 1. The maximum Gasteiger partial charge on any atom is 0.322 e. The van der Waals surface area contributed by atoms with Crippen LogP contribution in [0.3, 0.4) is 0 Å². The second-order valence-electron chi connectivity index (χ2n) is 5.40. The number of hydrogen-bond donors (Lipinski definition) is 1. The summed E-state index contributed by atoms with van der Waals surface area (Å²) in [5.41, 5.74) is 1.27. The SMILES string of the molecule is O=C(COC(=O)Cc1ccc(Cl)cc1Cl)Nc1nnc(-c2ccccc2)o1. The van der Waals surface area contributed by atoms with Crippen molar-refractivity contribution in [1.82, 2.24) is 10.2 Å². The van der Waals surface area contributed by atoms with Gasteiger partial charge in [0.2, 0.25) is 5.89 Å². The van der Waals surface area contributed by atoms with Crippen LogP contribution in [0.4, 0.5) is 6.01 Å². The van der Waals surface area contributed by atoms with E-state index in [2.05, 4.69) is 15.5 Å². The minimum absolute atomic E-state index is 0.0814. The molecule has 1 N–H and O–H groups in total. The third-order valence-electron chi connectivity index (χ3n) is 3.41. The zero-order chi connectivity index (χ0) is 19.2. The first-order valence-electron chi connectivity index (χ1n) is 7.79. The summed E-state index contributed by atoms with van der Waals surface area (Å²) in [7, 11) is 0. The summed E-state index contributed by atoms with van der Waals surface area (Å²) in [6.45, 7) is -0.493. The number of halogens is 2. The first kappa shape index (κ1) is 18.9. The van der Waals surface area contributed by atoms with Gasteiger partial charge in [-0.2, -0.15) is 0 Å². The lowest BCUT2D eigenvalue weighted by Crippen LogP contribution is -2.21. The van der Waals surface area contributed by atoms with Crippen molar-refractivity contribution in [2.75, 3.05) is 11.9 Å². The van der Waals surface area contributed by atoms with E-state index in [1.165, 1.54) is 6.07 Å². The Morgan fingerprint density at radius 3 is 2.59 bits per heavy atom. The molecule has 9 heteroatoms. The Labute approximate surface area is 164 Å². The molecule has 0 unspecified atom stereocenters. The van der Waals surface area contributed by atoms with Gasteiger partial charge >= 0.3 is 12.0 Å². The standard InChI is InChI=1S/C18H13Cl2N3O4/c19-13-7-6-12(14(20)9-13)8-16(25)26-10-15(24)21-18-23-22-17(27-18)11-4-2-1-3-5-11/h1-7,9H,8,10H2,(H,21,23,24). The highest BCUT2D eigenvalue weighted by Gasteiger charge is 2.14. The van der Waals surface area contributed by atoms with Gasteiger partial charge in [0.1, 0.15) is 0 Å². The third-order valence-corrected chi connectivity index (χ3v) is 3.99. The van der Waals surface area contributed by atoms with E-state index in [4.69, 9.17) is 32.4 Å². The second kappa shape index (κ2) is 8.66. The van der Waals surface area contributed by atoms with Gasteiger partial charge in [0.25, 0.3) is 5.91 Å². The fraction of sp³-hybridized carbons (Fsp3) is 0.111. The summed E-state index contributed by atoms with van der Waals surface area (Å²) in [6.07, 6.45) is -0.0814. The van der Waals surface area contributed by atoms with Crippen LogP contribution in [0.2, 0.25) is 10.0 Å². The molecule has 1 aromatic heterocycles. The minimum atomic E-state index is -0.607. The van der Waals surface area contributed by atoms with Crippen LogP contribution in [-0.2, 0) is 20.7 Å². The monoisotopic (exact) mass is 405 g/mol. The highest BCUT2D eigenvalue weighted by molar-refractivity contribution is 6.35. The molecular formula is C18H13Cl2N3O4. The smallest absolute Gasteiger partial charge is 0.322 e. The molecule has 27 heavy (non-hydrogen) atoms. The average Bonchev–Trinajstić information content (AvgIpc) is 3.11. The molecule has 1 heterocycles. The predicted octanol–water partition coefficient (Wildman–Crippen LogP) is 3.77. The van der Waals surface area contributed by atoms with Crippen molar-refractivity contribution in [3.63, 3.8) is 0 Å². The van der Waals surface area contributed by atoms with Gasteiger partial charge in [-0.25, -0.2) is 0 Å². The molecule has 0 atom stereocenters. The number of hydrogen-bond acceptors (Lipinski definition) is 6. The normalized spacial score (nSPS) is 10.4. The zero-order valence-corrected chi connectivity index (χ0v) is 15.3. The van der Waals surface area contributed by atoms with E-state index in [0.29, 0.717) is 15.6 Å². The molecule has 0 fully saturated rings. The molecule has 0 aliphatic heterocycles. The number of carbonyl (C=O) groups excluding carboxylic acids is 2. The number of rotatable bonds is 6. The summed E-state index contributed by atoms with van der Waals surface area (Å²) in [5, 5.41) is 10.8. The molecule has 0 aliphatic rings. The average molecular weight is 406 g/mol. The molecule has 0 bridgehead atoms. The highest BCUT2D eigenvalue weighted by atomic mass is 35.5. The molecular weight excluding hydrogens is 393 g/mol. The van der Waals surface area contributed by atoms with E-state index in [9.17, 15) is 9.59 Å². The molecule has 7 nitrogen and oxygen atoms in total. The number of benzene rings is 2. The van der Waals surface area contributed by atoms with Gasteiger partial charge in [0.05, 0.1) is 6.42 Å². The van der Waals surface area contributed by atoms with Crippen molar-refractivity contribution >= 4 is 41.1 Å². The third kappa shape index (κ3) is 5.29. The first-order chi connectivity index (χ1) is 13.0. The summed E-state index contributed by atoms with van der Waals surface area (Å²) in [6, 6.07) is 13.8. The Morgan fingerprint density at radius 2 is 1.85 bits per heavy atom. The van der Waals surface area contributed by atoms with Gasteiger partial charge in [0.15, 0.2) is 6.61 Å². The van der Waals surface area contributed by atoms with Gasteiger partial charge in [-0.15, -0.1) is 5.10 Å². The molecule has 3 rings (SSSR count). The fourth-order valence-electron chi connectivity index (χ4n) is 2.14.